The van der Waals surface area contributed by atoms with Crippen LogP contribution in [0.2, 0.25) is 0 Å². The number of aromatic hydroxyl groups is 1. The first-order valence-electron chi connectivity index (χ1n) is 5.31. The maximum atomic E-state index is 13.1. The predicted molar refractivity (Wildman–Crippen MR) is 74.6 cm³/mol. The van der Waals surface area contributed by atoms with Crippen molar-refractivity contribution in [1.82, 2.24) is 0 Å². The molecule has 1 amide bonds. The summed E-state index contributed by atoms with van der Waals surface area (Å²) in [6.45, 7) is 0. The zero-order valence-electron chi connectivity index (χ0n) is 9.65. The minimum Gasteiger partial charge on any atom is -0.507 e. The van der Waals surface area contributed by atoms with Gasteiger partial charge in [0.1, 0.15) is 11.6 Å². The van der Waals surface area contributed by atoms with Gasteiger partial charge in [-0.3, -0.25) is 4.79 Å². The lowest BCUT2D eigenvalue weighted by Gasteiger charge is -2.08. The Morgan fingerprint density at radius 3 is 2.63 bits per heavy atom. The van der Waals surface area contributed by atoms with Crippen molar-refractivity contribution < 1.29 is 14.3 Å². The molecule has 0 saturated heterocycles. The molecular weight excluding hydrogens is 315 g/mol. The van der Waals surface area contributed by atoms with E-state index in [0.717, 1.165) is 12.1 Å². The zero-order valence-corrected chi connectivity index (χ0v) is 11.2. The van der Waals surface area contributed by atoms with Crippen LogP contribution in [0.15, 0.2) is 40.9 Å². The van der Waals surface area contributed by atoms with Gasteiger partial charge in [-0.1, -0.05) is 15.9 Å². The Bertz CT molecular complexity index is 626. The van der Waals surface area contributed by atoms with E-state index in [-0.39, 0.29) is 22.7 Å². The summed E-state index contributed by atoms with van der Waals surface area (Å²) in [5.41, 5.74) is 6.00. The van der Waals surface area contributed by atoms with Crippen molar-refractivity contribution in [3.63, 3.8) is 0 Å². The molecular formula is C13H10BrFN2O2. The Balaban J connectivity index is 2.25. The highest BCUT2D eigenvalue weighted by Gasteiger charge is 2.12. The maximum Gasteiger partial charge on any atom is 0.259 e. The molecule has 0 bridgehead atoms. The second kappa shape index (κ2) is 5.27. The highest BCUT2D eigenvalue weighted by Crippen LogP contribution is 2.24. The van der Waals surface area contributed by atoms with Crippen molar-refractivity contribution >= 4 is 33.2 Å². The lowest BCUT2D eigenvalue weighted by Crippen LogP contribution is -2.12. The minimum absolute atomic E-state index is 0.0889. The molecule has 0 radical (unpaired) electrons. The number of amides is 1. The van der Waals surface area contributed by atoms with Crippen LogP contribution in [0.5, 0.6) is 5.75 Å². The van der Waals surface area contributed by atoms with Gasteiger partial charge in [-0.05, 0) is 36.4 Å². The number of carbonyl (C=O) groups is 1. The lowest BCUT2D eigenvalue weighted by atomic mass is 10.2. The molecule has 0 aliphatic carbocycles. The third-order valence-corrected chi connectivity index (χ3v) is 2.88. The van der Waals surface area contributed by atoms with Crippen LogP contribution in [-0.4, -0.2) is 11.0 Å². The van der Waals surface area contributed by atoms with Crippen LogP contribution in [0.3, 0.4) is 0 Å². The van der Waals surface area contributed by atoms with E-state index < -0.39 is 11.7 Å². The molecule has 0 atom stereocenters. The van der Waals surface area contributed by atoms with Crippen molar-refractivity contribution in [2.75, 3.05) is 11.1 Å². The Hall–Kier alpha value is -2.08. The summed E-state index contributed by atoms with van der Waals surface area (Å²) in [5, 5.41) is 12.1. The standard InChI is InChI=1S/C13H10BrFN2O2/c14-7-1-2-11(12(18)3-7)13(19)17-10-5-8(15)4-9(16)6-10/h1-6,18H,16H2,(H,17,19). The Labute approximate surface area is 117 Å². The molecule has 0 aliphatic rings. The van der Waals surface area contributed by atoms with Crippen LogP contribution in [0.4, 0.5) is 15.8 Å². The van der Waals surface area contributed by atoms with Gasteiger partial charge in [0.05, 0.1) is 5.56 Å². The first-order chi connectivity index (χ1) is 8.95. The van der Waals surface area contributed by atoms with E-state index in [1.165, 1.54) is 18.2 Å². The topological polar surface area (TPSA) is 75.3 Å². The first kappa shape index (κ1) is 13.4. The summed E-state index contributed by atoms with van der Waals surface area (Å²) in [6.07, 6.45) is 0. The summed E-state index contributed by atoms with van der Waals surface area (Å²) >= 11 is 3.17. The molecule has 0 aliphatic heterocycles. The summed E-state index contributed by atoms with van der Waals surface area (Å²) < 4.78 is 13.8. The van der Waals surface area contributed by atoms with Gasteiger partial charge in [-0.25, -0.2) is 4.39 Å². The molecule has 2 rings (SSSR count). The molecule has 0 heterocycles. The van der Waals surface area contributed by atoms with Gasteiger partial charge in [0.2, 0.25) is 0 Å². The molecule has 98 valence electrons. The average molecular weight is 325 g/mol. The fourth-order valence-corrected chi connectivity index (χ4v) is 1.93. The fraction of sp³-hybridized carbons (Fsp3) is 0. The SMILES string of the molecule is Nc1cc(F)cc(NC(=O)c2ccc(Br)cc2O)c1. The summed E-state index contributed by atoms with van der Waals surface area (Å²) in [5.74, 6) is -1.26. The fourth-order valence-electron chi connectivity index (χ4n) is 1.58. The zero-order chi connectivity index (χ0) is 14.0. The minimum atomic E-state index is -0.546. The molecule has 0 aromatic heterocycles. The van der Waals surface area contributed by atoms with Crippen molar-refractivity contribution in [2.45, 2.75) is 0 Å². The number of nitrogen functional groups attached to an aromatic ring is 1. The molecule has 0 saturated carbocycles. The Kier molecular flexibility index (Phi) is 3.71. The molecule has 2 aromatic rings. The monoisotopic (exact) mass is 324 g/mol. The molecule has 0 fully saturated rings. The third kappa shape index (κ3) is 3.23. The van der Waals surface area contributed by atoms with Crippen LogP contribution < -0.4 is 11.1 Å². The number of benzene rings is 2. The van der Waals surface area contributed by atoms with Crippen LogP contribution in [-0.2, 0) is 0 Å². The quantitative estimate of drug-likeness (QED) is 0.743. The largest absolute Gasteiger partial charge is 0.507 e. The summed E-state index contributed by atoms with van der Waals surface area (Å²) in [4.78, 5) is 11.9. The summed E-state index contributed by atoms with van der Waals surface area (Å²) in [7, 11) is 0. The van der Waals surface area contributed by atoms with Gasteiger partial charge >= 0.3 is 0 Å². The van der Waals surface area contributed by atoms with Gasteiger partial charge in [-0.2, -0.15) is 0 Å². The number of halogens is 2. The number of rotatable bonds is 2. The second-order valence-corrected chi connectivity index (χ2v) is 4.80. The van der Waals surface area contributed by atoms with Gasteiger partial charge < -0.3 is 16.2 Å². The van der Waals surface area contributed by atoms with Crippen molar-refractivity contribution in [3.8, 4) is 5.75 Å². The maximum absolute atomic E-state index is 13.1. The van der Waals surface area contributed by atoms with E-state index in [1.54, 1.807) is 6.07 Å². The number of nitrogens with two attached hydrogens (primary N) is 1. The highest BCUT2D eigenvalue weighted by atomic mass is 79.9. The van der Waals surface area contributed by atoms with Crippen molar-refractivity contribution in [3.05, 3.63) is 52.3 Å². The second-order valence-electron chi connectivity index (χ2n) is 3.89. The number of nitrogens with one attached hydrogen (secondary N) is 1. The number of phenols is 1. The van der Waals surface area contributed by atoms with Gasteiger partial charge in [-0.15, -0.1) is 0 Å². The van der Waals surface area contributed by atoms with Gasteiger partial charge in [0.25, 0.3) is 5.91 Å². The van der Waals surface area contributed by atoms with E-state index in [4.69, 9.17) is 5.73 Å². The van der Waals surface area contributed by atoms with E-state index >= 15 is 0 Å². The molecule has 0 unspecified atom stereocenters. The third-order valence-electron chi connectivity index (χ3n) is 2.38. The highest BCUT2D eigenvalue weighted by molar-refractivity contribution is 9.10. The lowest BCUT2D eigenvalue weighted by molar-refractivity contribution is 0.102. The molecule has 4 N–H and O–H groups in total. The van der Waals surface area contributed by atoms with Gasteiger partial charge in [0, 0.05) is 15.8 Å². The smallest absolute Gasteiger partial charge is 0.259 e. The normalized spacial score (nSPS) is 10.2. The average Bonchev–Trinajstić information content (AvgIpc) is 2.26. The molecule has 4 nitrogen and oxygen atoms in total. The van der Waals surface area contributed by atoms with Gasteiger partial charge in [0.15, 0.2) is 0 Å². The first-order valence-corrected chi connectivity index (χ1v) is 6.11. The number of anilines is 2. The van der Waals surface area contributed by atoms with Crippen molar-refractivity contribution in [1.29, 1.82) is 0 Å². The number of phenolic OH excluding ortho intramolecular Hbond substituents is 1. The van der Waals surface area contributed by atoms with E-state index in [2.05, 4.69) is 21.2 Å². The molecule has 6 heteroatoms. The van der Waals surface area contributed by atoms with E-state index in [0.29, 0.717) is 4.47 Å². The summed E-state index contributed by atoms with van der Waals surface area (Å²) in [6, 6.07) is 8.19. The molecule has 19 heavy (non-hydrogen) atoms. The van der Waals surface area contributed by atoms with E-state index in [9.17, 15) is 14.3 Å². The predicted octanol–water partition coefficient (Wildman–Crippen LogP) is 3.13. The number of hydrogen-bond acceptors (Lipinski definition) is 3. The van der Waals surface area contributed by atoms with E-state index in [1.807, 2.05) is 0 Å². The molecule has 0 spiro atoms. The molecule has 2 aromatic carbocycles. The Morgan fingerprint density at radius 2 is 2.00 bits per heavy atom. The number of carbonyl (C=O) groups excluding carboxylic acids is 1. The Morgan fingerprint density at radius 1 is 1.26 bits per heavy atom. The number of hydrogen-bond donors (Lipinski definition) is 3. The van der Waals surface area contributed by atoms with Crippen LogP contribution in [0, 0.1) is 5.82 Å². The van der Waals surface area contributed by atoms with Crippen molar-refractivity contribution in [2.24, 2.45) is 0 Å². The van der Waals surface area contributed by atoms with Crippen LogP contribution in [0.25, 0.3) is 0 Å². The van der Waals surface area contributed by atoms with Crippen LogP contribution in [0.1, 0.15) is 10.4 Å². The van der Waals surface area contributed by atoms with Crippen LogP contribution >= 0.6 is 15.9 Å².